The number of para-hydroxylation sites is 1. The summed E-state index contributed by atoms with van der Waals surface area (Å²) >= 11 is 0. The number of aliphatic hydroxyl groups excluding tert-OH is 1. The average molecular weight is 332 g/mol. The monoisotopic (exact) mass is 332 g/mol. The van der Waals surface area contributed by atoms with E-state index in [1.54, 1.807) is 6.92 Å². The molecule has 0 bridgehead atoms. The highest BCUT2D eigenvalue weighted by molar-refractivity contribution is 5.73. The number of aliphatic hydroxyl groups is 1. The molecule has 132 valence electrons. The number of carbonyl (C=O) groups excluding carboxylic acids is 1. The van der Waals surface area contributed by atoms with Crippen molar-refractivity contribution in [2.75, 3.05) is 13.1 Å². The Balaban J connectivity index is 1.55. The molecular formula is C19H28N2O3. The fourth-order valence-electron chi connectivity index (χ4n) is 3.98. The second-order valence-corrected chi connectivity index (χ2v) is 6.97. The fourth-order valence-corrected chi connectivity index (χ4v) is 3.98. The van der Waals surface area contributed by atoms with Crippen LogP contribution in [0.4, 0.5) is 0 Å². The molecule has 1 aromatic carbocycles. The summed E-state index contributed by atoms with van der Waals surface area (Å²) in [6, 6.07) is 10.2. The Hall–Kier alpha value is -1.59. The van der Waals surface area contributed by atoms with Crippen molar-refractivity contribution in [1.82, 2.24) is 10.2 Å². The summed E-state index contributed by atoms with van der Waals surface area (Å²) in [7, 11) is 0. The molecule has 1 heterocycles. The van der Waals surface area contributed by atoms with Crippen LogP contribution in [0.3, 0.4) is 0 Å². The molecule has 1 saturated heterocycles. The number of piperidine rings is 1. The lowest BCUT2D eigenvalue weighted by atomic mass is 9.87. The van der Waals surface area contributed by atoms with Gasteiger partial charge in [0, 0.05) is 32.1 Å². The van der Waals surface area contributed by atoms with Gasteiger partial charge in [-0.3, -0.25) is 9.69 Å². The number of rotatable bonds is 4. The minimum absolute atomic E-state index is 0.0440. The third-order valence-corrected chi connectivity index (χ3v) is 5.20. The standard InChI is InChI=1S/C19H28N2O3/c1-14(22)20-15-10-12-21(13-11-15)17-8-5-9-18(19(17)23)24-16-6-3-2-4-7-16/h2-4,6-7,15,17-19,23H,5,8-13H2,1H3,(H,20,22)/t17-,18+,19+/m0/s1. The second-order valence-electron chi connectivity index (χ2n) is 6.97. The van der Waals surface area contributed by atoms with Crippen LogP contribution in [0, 0.1) is 0 Å². The molecule has 1 amide bonds. The first-order valence-electron chi connectivity index (χ1n) is 9.04. The Bertz CT molecular complexity index is 529. The van der Waals surface area contributed by atoms with Gasteiger partial charge in [0.15, 0.2) is 0 Å². The minimum Gasteiger partial charge on any atom is -0.488 e. The highest BCUT2D eigenvalue weighted by Gasteiger charge is 2.38. The van der Waals surface area contributed by atoms with Crippen molar-refractivity contribution < 1.29 is 14.6 Å². The Morgan fingerprint density at radius 2 is 1.88 bits per heavy atom. The molecule has 2 fully saturated rings. The molecule has 5 heteroatoms. The van der Waals surface area contributed by atoms with Gasteiger partial charge in [0.1, 0.15) is 18.0 Å². The zero-order valence-electron chi connectivity index (χ0n) is 14.4. The predicted molar refractivity (Wildman–Crippen MR) is 92.9 cm³/mol. The van der Waals surface area contributed by atoms with Crippen LogP contribution in [0.15, 0.2) is 30.3 Å². The lowest BCUT2D eigenvalue weighted by molar-refractivity contribution is -0.120. The number of carbonyl (C=O) groups is 1. The van der Waals surface area contributed by atoms with Crippen molar-refractivity contribution in [2.24, 2.45) is 0 Å². The van der Waals surface area contributed by atoms with E-state index in [9.17, 15) is 9.90 Å². The first-order valence-corrected chi connectivity index (χ1v) is 9.04. The summed E-state index contributed by atoms with van der Waals surface area (Å²) in [5, 5.41) is 13.8. The Kier molecular flexibility index (Phi) is 5.74. The summed E-state index contributed by atoms with van der Waals surface area (Å²) in [6.45, 7) is 3.41. The van der Waals surface area contributed by atoms with E-state index >= 15 is 0 Å². The molecule has 2 N–H and O–H groups in total. The number of hydrogen-bond donors (Lipinski definition) is 2. The Labute approximate surface area is 144 Å². The van der Waals surface area contributed by atoms with Gasteiger partial charge in [-0.15, -0.1) is 0 Å². The van der Waals surface area contributed by atoms with E-state index in [1.165, 1.54) is 0 Å². The maximum absolute atomic E-state index is 11.2. The number of nitrogens with one attached hydrogen (secondary N) is 1. The topological polar surface area (TPSA) is 61.8 Å². The van der Waals surface area contributed by atoms with Gasteiger partial charge < -0.3 is 15.2 Å². The molecule has 1 aromatic rings. The van der Waals surface area contributed by atoms with Gasteiger partial charge in [0.25, 0.3) is 0 Å². The van der Waals surface area contributed by atoms with Crippen molar-refractivity contribution in [2.45, 2.75) is 63.3 Å². The molecule has 0 aromatic heterocycles. The zero-order valence-corrected chi connectivity index (χ0v) is 14.4. The van der Waals surface area contributed by atoms with E-state index < -0.39 is 6.10 Å². The summed E-state index contributed by atoms with van der Waals surface area (Å²) < 4.78 is 6.03. The second kappa shape index (κ2) is 7.99. The number of hydrogen-bond acceptors (Lipinski definition) is 4. The van der Waals surface area contributed by atoms with Crippen LogP contribution in [0.2, 0.25) is 0 Å². The quantitative estimate of drug-likeness (QED) is 0.885. The molecule has 1 aliphatic heterocycles. The van der Waals surface area contributed by atoms with Crippen LogP contribution < -0.4 is 10.1 Å². The van der Waals surface area contributed by atoms with Gasteiger partial charge in [-0.2, -0.15) is 0 Å². The lowest BCUT2D eigenvalue weighted by Gasteiger charge is -2.44. The molecule has 0 unspecified atom stereocenters. The van der Waals surface area contributed by atoms with Gasteiger partial charge in [0.05, 0.1) is 0 Å². The third kappa shape index (κ3) is 4.28. The highest BCUT2D eigenvalue weighted by Crippen LogP contribution is 2.29. The van der Waals surface area contributed by atoms with E-state index in [0.29, 0.717) is 0 Å². The summed E-state index contributed by atoms with van der Waals surface area (Å²) in [5.74, 6) is 0.869. The molecule has 5 nitrogen and oxygen atoms in total. The van der Waals surface area contributed by atoms with Crippen LogP contribution in [-0.2, 0) is 4.79 Å². The van der Waals surface area contributed by atoms with Crippen LogP contribution in [-0.4, -0.2) is 53.3 Å². The maximum Gasteiger partial charge on any atom is 0.217 e. The number of amides is 1. The van der Waals surface area contributed by atoms with E-state index in [1.807, 2.05) is 30.3 Å². The van der Waals surface area contributed by atoms with Crippen molar-refractivity contribution >= 4 is 5.91 Å². The van der Waals surface area contributed by atoms with Crippen molar-refractivity contribution in [1.29, 1.82) is 0 Å². The molecule has 3 atom stereocenters. The highest BCUT2D eigenvalue weighted by atomic mass is 16.5. The molecule has 0 radical (unpaired) electrons. The van der Waals surface area contributed by atoms with E-state index in [2.05, 4.69) is 10.2 Å². The number of nitrogens with zero attached hydrogens (tertiary/aromatic N) is 1. The van der Waals surface area contributed by atoms with Crippen LogP contribution in [0.25, 0.3) is 0 Å². The molecule has 1 saturated carbocycles. The zero-order chi connectivity index (χ0) is 16.9. The summed E-state index contributed by atoms with van der Waals surface area (Å²) in [6.07, 6.45) is 4.29. The molecule has 0 spiro atoms. The predicted octanol–water partition coefficient (Wildman–Crippen LogP) is 1.95. The first kappa shape index (κ1) is 17.2. The molecule has 3 rings (SSSR count). The molecule has 24 heavy (non-hydrogen) atoms. The van der Waals surface area contributed by atoms with Crippen LogP contribution in [0.1, 0.15) is 39.0 Å². The summed E-state index contributed by atoms with van der Waals surface area (Å²) in [4.78, 5) is 13.6. The van der Waals surface area contributed by atoms with E-state index in [4.69, 9.17) is 4.74 Å². The van der Waals surface area contributed by atoms with Gasteiger partial charge in [-0.05, 0) is 44.2 Å². The lowest BCUT2D eigenvalue weighted by Crippen LogP contribution is -2.56. The average Bonchev–Trinajstić information content (AvgIpc) is 2.58. The molecule has 2 aliphatic rings. The smallest absolute Gasteiger partial charge is 0.217 e. The van der Waals surface area contributed by atoms with Crippen LogP contribution in [0.5, 0.6) is 5.75 Å². The number of benzene rings is 1. The van der Waals surface area contributed by atoms with Crippen molar-refractivity contribution in [3.63, 3.8) is 0 Å². The van der Waals surface area contributed by atoms with E-state index in [0.717, 1.165) is 50.9 Å². The van der Waals surface area contributed by atoms with Gasteiger partial charge in [-0.1, -0.05) is 18.2 Å². The largest absolute Gasteiger partial charge is 0.488 e. The fraction of sp³-hybridized carbons (Fsp3) is 0.632. The molecular weight excluding hydrogens is 304 g/mol. The number of likely N-dealkylation sites (tertiary alicyclic amines) is 1. The van der Waals surface area contributed by atoms with Gasteiger partial charge in [-0.25, -0.2) is 0 Å². The molecule has 1 aliphatic carbocycles. The SMILES string of the molecule is CC(=O)NC1CCN([C@H]2CCC[C@@H](Oc3ccccc3)[C@@H]2O)CC1. The summed E-state index contributed by atoms with van der Waals surface area (Å²) in [5.41, 5.74) is 0. The normalized spacial score (nSPS) is 29.2. The third-order valence-electron chi connectivity index (χ3n) is 5.20. The van der Waals surface area contributed by atoms with Gasteiger partial charge >= 0.3 is 0 Å². The minimum atomic E-state index is -0.462. The van der Waals surface area contributed by atoms with Crippen molar-refractivity contribution in [3.8, 4) is 5.75 Å². The van der Waals surface area contributed by atoms with Crippen molar-refractivity contribution in [3.05, 3.63) is 30.3 Å². The Morgan fingerprint density at radius 1 is 1.17 bits per heavy atom. The van der Waals surface area contributed by atoms with Gasteiger partial charge in [0.2, 0.25) is 5.91 Å². The first-order chi connectivity index (χ1) is 11.6. The Morgan fingerprint density at radius 3 is 2.54 bits per heavy atom. The van der Waals surface area contributed by atoms with Crippen LogP contribution >= 0.6 is 0 Å². The maximum atomic E-state index is 11.2. The van der Waals surface area contributed by atoms with E-state index in [-0.39, 0.29) is 24.1 Å². The number of ether oxygens (including phenoxy) is 1.